The maximum atomic E-state index is 13.1. The molecule has 0 heterocycles. The number of hydrogen-bond donors (Lipinski definition) is 4. The second-order valence-electron chi connectivity index (χ2n) is 7.40. The summed E-state index contributed by atoms with van der Waals surface area (Å²) in [6.07, 6.45) is 0.506. The van der Waals surface area contributed by atoms with Gasteiger partial charge in [-0.25, -0.2) is 15.7 Å². The monoisotopic (exact) mass is 455 g/mol. The first kappa shape index (κ1) is 25.3. The van der Waals surface area contributed by atoms with E-state index in [0.717, 1.165) is 23.3 Å². The van der Waals surface area contributed by atoms with Gasteiger partial charge in [-0.2, -0.15) is 5.10 Å². The van der Waals surface area contributed by atoms with Crippen LogP contribution >= 0.6 is 0 Å². The quantitative estimate of drug-likeness (QED) is 0.115. The third-order valence-electron chi connectivity index (χ3n) is 4.84. The summed E-state index contributed by atoms with van der Waals surface area (Å²) in [4.78, 5) is 47.6. The van der Waals surface area contributed by atoms with Crippen LogP contribution in [0.3, 0.4) is 0 Å². The highest BCUT2D eigenvalue weighted by molar-refractivity contribution is 6.34. The van der Waals surface area contributed by atoms with Crippen LogP contribution in [0.25, 0.3) is 0 Å². The van der Waals surface area contributed by atoms with Gasteiger partial charge in [-0.15, -0.1) is 0 Å². The fourth-order valence-corrected chi connectivity index (χ4v) is 2.85. The van der Waals surface area contributed by atoms with Crippen LogP contribution in [0.1, 0.15) is 47.2 Å². The van der Waals surface area contributed by atoms with Crippen molar-refractivity contribution in [2.75, 3.05) is 5.32 Å². The summed E-state index contributed by atoms with van der Waals surface area (Å²) < 4.78 is 13.1. The second kappa shape index (κ2) is 12.2. The van der Waals surface area contributed by atoms with E-state index < -0.39 is 17.6 Å². The van der Waals surface area contributed by atoms with E-state index in [4.69, 9.17) is 5.84 Å². The van der Waals surface area contributed by atoms with Crippen molar-refractivity contribution in [3.8, 4) is 0 Å². The number of ketones is 1. The zero-order valence-corrected chi connectivity index (χ0v) is 18.4. The number of benzene rings is 2. The van der Waals surface area contributed by atoms with Crippen LogP contribution in [0, 0.1) is 19.7 Å². The van der Waals surface area contributed by atoms with E-state index in [9.17, 15) is 23.6 Å². The predicted molar refractivity (Wildman–Crippen MR) is 122 cm³/mol. The lowest BCUT2D eigenvalue weighted by Gasteiger charge is -2.09. The van der Waals surface area contributed by atoms with Gasteiger partial charge in [0.25, 0.3) is 0 Å². The van der Waals surface area contributed by atoms with E-state index in [-0.39, 0.29) is 42.2 Å². The maximum Gasteiger partial charge on any atom is 0.330 e. The normalized spacial score (nSPS) is 11.0. The van der Waals surface area contributed by atoms with Crippen molar-refractivity contribution in [1.29, 1.82) is 0 Å². The average molecular weight is 455 g/mol. The minimum atomic E-state index is -1.10. The number of rotatable bonds is 9. The molecular weight excluding hydrogens is 429 g/mol. The van der Waals surface area contributed by atoms with Crippen LogP contribution in [0.2, 0.25) is 0 Å². The summed E-state index contributed by atoms with van der Waals surface area (Å²) in [6, 6.07) is 10.6. The summed E-state index contributed by atoms with van der Waals surface area (Å²) in [5.41, 5.74) is 7.08. The molecule has 0 fully saturated rings. The molecule has 2 aromatic rings. The molecule has 9 nitrogen and oxygen atoms in total. The van der Waals surface area contributed by atoms with Crippen molar-refractivity contribution >= 4 is 34.9 Å². The number of aryl methyl sites for hydroxylation is 2. The topological polar surface area (TPSA) is 143 Å². The molecule has 3 amide bonds. The molecule has 0 saturated heterocycles. The number of amides is 3. The molecule has 0 aliphatic heterocycles. The van der Waals surface area contributed by atoms with Crippen molar-refractivity contribution in [3.05, 3.63) is 65.0 Å². The molecule has 2 rings (SSSR count). The lowest BCUT2D eigenvalue weighted by molar-refractivity contribution is -0.139. The third-order valence-corrected chi connectivity index (χ3v) is 4.84. The summed E-state index contributed by atoms with van der Waals surface area (Å²) in [5.74, 6) is 1.66. The van der Waals surface area contributed by atoms with Gasteiger partial charge in [-0.05, 0) is 74.2 Å². The molecule has 0 aliphatic carbocycles. The minimum absolute atomic E-state index is 0.147. The Morgan fingerprint density at radius 3 is 2.27 bits per heavy atom. The minimum Gasteiger partial charge on any atom is -0.326 e. The Labute approximate surface area is 190 Å². The smallest absolute Gasteiger partial charge is 0.326 e. The molecule has 33 heavy (non-hydrogen) atoms. The molecule has 0 bridgehead atoms. The highest BCUT2D eigenvalue weighted by Gasteiger charge is 2.15. The number of halogens is 1. The molecule has 0 atom stereocenters. The van der Waals surface area contributed by atoms with Crippen molar-refractivity contribution in [1.82, 2.24) is 10.9 Å². The first-order chi connectivity index (χ1) is 15.7. The van der Waals surface area contributed by atoms with Crippen molar-refractivity contribution in [2.45, 2.75) is 39.5 Å². The van der Waals surface area contributed by atoms with Gasteiger partial charge in [0.15, 0.2) is 5.78 Å². The third kappa shape index (κ3) is 8.26. The standard InChI is InChI=1S/C23H26FN5O4/c1-14-6-11-18(12-15(14)2)26-21(31)5-3-4-19(28-29-23(33)22(32)27-25)13-20(30)16-7-9-17(24)10-8-16/h6-12H,3-5,13,25H2,1-2H3,(H,26,31)(H,27,32)(H,29,33)/b28-19-. The number of Topliss-reactive ketones (excluding diaryl/α,β-unsaturated/α-hetero) is 1. The van der Waals surface area contributed by atoms with Crippen LogP contribution in [-0.2, 0) is 14.4 Å². The zero-order chi connectivity index (χ0) is 24.4. The van der Waals surface area contributed by atoms with E-state index in [0.29, 0.717) is 12.1 Å². The first-order valence-electron chi connectivity index (χ1n) is 10.2. The van der Waals surface area contributed by atoms with E-state index in [1.807, 2.05) is 37.5 Å². The van der Waals surface area contributed by atoms with Crippen LogP contribution in [0.15, 0.2) is 47.6 Å². The summed E-state index contributed by atoms with van der Waals surface area (Å²) >= 11 is 0. The molecule has 0 saturated carbocycles. The zero-order valence-electron chi connectivity index (χ0n) is 18.4. The van der Waals surface area contributed by atoms with Gasteiger partial charge in [-0.1, -0.05) is 6.07 Å². The first-order valence-corrected chi connectivity index (χ1v) is 10.2. The predicted octanol–water partition coefficient (Wildman–Crippen LogP) is 2.29. The van der Waals surface area contributed by atoms with Gasteiger partial charge in [0.2, 0.25) is 5.91 Å². The van der Waals surface area contributed by atoms with E-state index in [2.05, 4.69) is 10.4 Å². The molecular formula is C23H26FN5O4. The van der Waals surface area contributed by atoms with E-state index >= 15 is 0 Å². The fourth-order valence-electron chi connectivity index (χ4n) is 2.85. The van der Waals surface area contributed by atoms with Crippen molar-refractivity contribution < 1.29 is 23.6 Å². The molecule has 2 aromatic carbocycles. The molecule has 0 spiro atoms. The number of nitrogens with one attached hydrogen (secondary N) is 3. The second-order valence-corrected chi connectivity index (χ2v) is 7.40. The highest BCUT2D eigenvalue weighted by Crippen LogP contribution is 2.15. The number of hydrazine groups is 1. The Balaban J connectivity index is 1.99. The molecule has 0 aromatic heterocycles. The van der Waals surface area contributed by atoms with Crippen LogP contribution in [-0.4, -0.2) is 29.2 Å². The summed E-state index contributed by atoms with van der Waals surface area (Å²) in [7, 11) is 0. The van der Waals surface area contributed by atoms with Crippen LogP contribution in [0.5, 0.6) is 0 Å². The number of nitrogens with zero attached hydrogens (tertiary/aromatic N) is 1. The number of anilines is 1. The Bertz CT molecular complexity index is 1070. The van der Waals surface area contributed by atoms with E-state index in [1.54, 1.807) is 5.43 Å². The SMILES string of the molecule is Cc1ccc(NC(=O)CCC/C(CC(=O)c2ccc(F)cc2)=N/NC(=O)C(=O)NN)cc1C. The summed E-state index contributed by atoms with van der Waals surface area (Å²) in [5, 5.41) is 6.66. The maximum absolute atomic E-state index is 13.1. The molecule has 0 unspecified atom stereocenters. The highest BCUT2D eigenvalue weighted by atomic mass is 19.1. The van der Waals surface area contributed by atoms with Crippen LogP contribution < -0.4 is 22.0 Å². The van der Waals surface area contributed by atoms with Gasteiger partial charge in [-0.3, -0.25) is 24.6 Å². The largest absolute Gasteiger partial charge is 0.330 e. The molecule has 0 radical (unpaired) electrons. The van der Waals surface area contributed by atoms with Gasteiger partial charge in [0.05, 0.1) is 6.42 Å². The Morgan fingerprint density at radius 1 is 0.939 bits per heavy atom. The Kier molecular flexibility index (Phi) is 9.37. The van der Waals surface area contributed by atoms with Crippen LogP contribution in [0.4, 0.5) is 10.1 Å². The number of carbonyl (C=O) groups is 4. The number of carbonyl (C=O) groups excluding carboxylic acids is 4. The molecule has 10 heteroatoms. The van der Waals surface area contributed by atoms with Gasteiger partial charge < -0.3 is 5.32 Å². The van der Waals surface area contributed by atoms with Crippen molar-refractivity contribution in [2.24, 2.45) is 10.9 Å². The molecule has 5 N–H and O–H groups in total. The molecule has 0 aliphatic rings. The number of nitrogens with two attached hydrogens (primary N) is 1. The fraction of sp³-hybridized carbons (Fsp3) is 0.261. The Morgan fingerprint density at radius 2 is 1.64 bits per heavy atom. The molecule has 174 valence electrons. The Hall–Kier alpha value is -3.92. The lowest BCUT2D eigenvalue weighted by Crippen LogP contribution is -2.41. The number of hydrazone groups is 1. The lowest BCUT2D eigenvalue weighted by atomic mass is 10.0. The van der Waals surface area contributed by atoms with Gasteiger partial charge >= 0.3 is 11.8 Å². The average Bonchev–Trinajstić information content (AvgIpc) is 2.79. The van der Waals surface area contributed by atoms with Crippen molar-refractivity contribution in [3.63, 3.8) is 0 Å². The summed E-state index contributed by atoms with van der Waals surface area (Å²) in [6.45, 7) is 3.93. The van der Waals surface area contributed by atoms with E-state index in [1.165, 1.54) is 12.1 Å². The van der Waals surface area contributed by atoms with Gasteiger partial charge in [0.1, 0.15) is 5.82 Å². The number of hydrogen-bond acceptors (Lipinski definition) is 6. The van der Waals surface area contributed by atoms with Gasteiger partial charge in [0, 0.05) is 23.4 Å².